The summed E-state index contributed by atoms with van der Waals surface area (Å²) in [6.45, 7) is 7.12. The Morgan fingerprint density at radius 3 is 1.71 bits per heavy atom. The first-order chi connectivity index (χ1) is 34.5. The molecule has 19 nitrogen and oxygen atoms in total. The molecule has 2 fully saturated rings. The maximum atomic E-state index is 13.9. The van der Waals surface area contributed by atoms with Gasteiger partial charge in [-0.2, -0.15) is 9.59 Å². The highest BCUT2D eigenvalue weighted by Crippen LogP contribution is 2.32. The van der Waals surface area contributed by atoms with Crippen molar-refractivity contribution in [3.63, 3.8) is 0 Å². The number of amides is 1. The number of aliphatic carboxylic acids is 4. The van der Waals surface area contributed by atoms with Crippen molar-refractivity contribution in [2.45, 2.75) is 122 Å². The van der Waals surface area contributed by atoms with Crippen LogP contribution in [0.4, 0.5) is 0 Å². The number of carboxylic acids is 4. The predicted octanol–water partition coefficient (Wildman–Crippen LogP) is 4.67. The van der Waals surface area contributed by atoms with Crippen LogP contribution in [0.2, 0.25) is 0 Å². The Bertz CT molecular complexity index is 2070. The normalized spacial score (nSPS) is 18.5. The van der Waals surface area contributed by atoms with Crippen LogP contribution in [0.5, 0.6) is 0 Å². The van der Waals surface area contributed by atoms with E-state index >= 15 is 0 Å². The number of nitrogens with zero attached hydrogens (tertiary/aromatic N) is 4. The molecule has 2 atom stereocenters. The highest BCUT2D eigenvalue weighted by atomic mass is 16.4. The number of fused-ring (bicyclic) bond motifs is 1. The molecule has 1 aliphatic heterocycles. The van der Waals surface area contributed by atoms with E-state index in [1.54, 1.807) is 0 Å². The van der Waals surface area contributed by atoms with Gasteiger partial charge in [-0.05, 0) is 93.0 Å². The molecule has 19 heteroatoms. The van der Waals surface area contributed by atoms with E-state index in [1.807, 2.05) is 64.1 Å². The highest BCUT2D eigenvalue weighted by Gasteiger charge is 2.30. The summed E-state index contributed by atoms with van der Waals surface area (Å²) in [5.41, 5.74) is 0.920. The van der Waals surface area contributed by atoms with Gasteiger partial charge in [0.2, 0.25) is 5.91 Å². The number of Topliss-reactive ketones (excluding diaryl/α,β-unsaturated/α-hetero) is 3. The summed E-state index contributed by atoms with van der Waals surface area (Å²) in [7, 11) is 0. The topological polar surface area (TPSA) is 277 Å². The molecular formula is C53H77N5O14. The van der Waals surface area contributed by atoms with E-state index in [0.29, 0.717) is 123 Å². The Labute approximate surface area is 422 Å². The quantitative estimate of drug-likeness (QED) is 0.0692. The predicted molar refractivity (Wildman–Crippen MR) is 266 cm³/mol. The molecule has 1 heterocycles. The molecule has 5 N–H and O–H groups in total. The molecule has 0 aromatic heterocycles. The van der Waals surface area contributed by atoms with Crippen molar-refractivity contribution >= 4 is 64.1 Å². The summed E-state index contributed by atoms with van der Waals surface area (Å²) in [6.07, 6.45) is 7.33. The van der Waals surface area contributed by atoms with Gasteiger partial charge in [0.05, 0.1) is 31.6 Å². The number of unbranched alkanes of at least 4 members (excludes halogenated alkanes) is 3. The fourth-order valence-electron chi connectivity index (χ4n) is 9.62. The zero-order valence-corrected chi connectivity index (χ0v) is 42.0. The summed E-state index contributed by atoms with van der Waals surface area (Å²) in [4.78, 5) is 124. The minimum Gasteiger partial charge on any atom is -0.481 e. The molecule has 0 spiro atoms. The smallest absolute Gasteiger partial charge is 0.373 e. The van der Waals surface area contributed by atoms with Crippen LogP contribution >= 0.6 is 0 Å². The standard InChI is InChI=1S/C52H77N5O12.CO2/c1-2-54-24-26-56(36-49(63)64)30-28-55(29-31-57(27-25-54)37-50(65)66)35-45(59)23-19-38-16-21-41(22-17-38)51(67)53-46(33-39-18-20-40-10-6-7-11-42(40)32-39)47(60)14-5-3-4-12-43(52(68)69)34-44(58)13-8-9-15-48(61)62;2-1-3/h6-7,10-11,18,20,32,38,41,43,46H,2-5,8-9,12-17,19,21-31,33-37H2,1H3,(H,53,67)(H,61,62)(H,63,64)(H,65,66)(H,68,69);/t38?,41?,43-,46+;/m1./s1. The lowest BCUT2D eigenvalue weighted by Crippen LogP contribution is -2.48. The maximum Gasteiger partial charge on any atom is 0.373 e. The van der Waals surface area contributed by atoms with E-state index in [-0.39, 0.29) is 86.6 Å². The third-order valence-corrected chi connectivity index (χ3v) is 13.9. The lowest BCUT2D eigenvalue weighted by Gasteiger charge is -2.33. The summed E-state index contributed by atoms with van der Waals surface area (Å²) in [5, 5.41) is 42.9. The Morgan fingerprint density at radius 1 is 0.611 bits per heavy atom. The van der Waals surface area contributed by atoms with Crippen LogP contribution in [-0.4, -0.2) is 178 Å². The average molecular weight is 1010 g/mol. The molecule has 398 valence electrons. The lowest BCUT2D eigenvalue weighted by molar-refractivity contribution is -0.192. The van der Waals surface area contributed by atoms with Crippen molar-refractivity contribution in [1.82, 2.24) is 24.9 Å². The molecule has 0 radical (unpaired) electrons. The van der Waals surface area contributed by atoms with Crippen molar-refractivity contribution in [3.05, 3.63) is 48.0 Å². The summed E-state index contributed by atoms with van der Waals surface area (Å²) < 4.78 is 0. The molecule has 72 heavy (non-hydrogen) atoms. The minimum atomic E-state index is -1.05. The van der Waals surface area contributed by atoms with Gasteiger partial charge in [0, 0.05) is 90.4 Å². The van der Waals surface area contributed by atoms with E-state index in [1.165, 1.54) is 0 Å². The molecular weight excluding hydrogens is 931 g/mol. The minimum absolute atomic E-state index is 0.0320. The summed E-state index contributed by atoms with van der Waals surface area (Å²) in [5.74, 6) is -5.03. The number of benzene rings is 2. The van der Waals surface area contributed by atoms with Crippen LogP contribution in [0.1, 0.15) is 115 Å². The molecule has 1 saturated carbocycles. The van der Waals surface area contributed by atoms with Crippen molar-refractivity contribution < 1.29 is 68.4 Å². The number of hydrogen-bond acceptors (Lipinski definition) is 14. The van der Waals surface area contributed by atoms with Gasteiger partial charge in [-0.3, -0.25) is 53.1 Å². The Balaban J connectivity index is 0.00000445. The van der Waals surface area contributed by atoms with Gasteiger partial charge in [-0.15, -0.1) is 0 Å². The van der Waals surface area contributed by atoms with E-state index in [9.17, 15) is 53.7 Å². The largest absolute Gasteiger partial charge is 0.481 e. The fraction of sp³-hybridized carbons (Fsp3) is 0.642. The van der Waals surface area contributed by atoms with E-state index in [2.05, 4.69) is 10.2 Å². The molecule has 1 saturated heterocycles. The number of rotatable bonds is 29. The Morgan fingerprint density at radius 2 is 1.15 bits per heavy atom. The van der Waals surface area contributed by atoms with Crippen LogP contribution in [0.15, 0.2) is 42.5 Å². The van der Waals surface area contributed by atoms with Gasteiger partial charge >= 0.3 is 30.0 Å². The average Bonchev–Trinajstić information content (AvgIpc) is 3.33. The first-order valence-corrected chi connectivity index (χ1v) is 25.6. The zero-order valence-electron chi connectivity index (χ0n) is 42.0. The second-order valence-corrected chi connectivity index (χ2v) is 19.3. The van der Waals surface area contributed by atoms with Gasteiger partial charge in [0.25, 0.3) is 0 Å². The number of likely N-dealkylation sites (N-methyl/N-ethyl adjacent to an activating group) is 1. The van der Waals surface area contributed by atoms with Crippen LogP contribution < -0.4 is 5.32 Å². The van der Waals surface area contributed by atoms with Gasteiger partial charge in [0.1, 0.15) is 11.6 Å². The van der Waals surface area contributed by atoms with Gasteiger partial charge < -0.3 is 30.6 Å². The molecule has 0 bridgehead atoms. The second-order valence-electron chi connectivity index (χ2n) is 19.3. The Hall–Kier alpha value is -5.72. The number of carbonyl (C=O) groups excluding carboxylic acids is 6. The third kappa shape index (κ3) is 24.6. The number of ketones is 3. The third-order valence-electron chi connectivity index (χ3n) is 13.9. The van der Waals surface area contributed by atoms with Crippen molar-refractivity contribution in [2.24, 2.45) is 17.8 Å². The number of nitrogens with one attached hydrogen (secondary N) is 1. The number of carboxylic acid groups (broad SMARTS) is 4. The molecule has 1 aliphatic carbocycles. The molecule has 2 aliphatic rings. The summed E-state index contributed by atoms with van der Waals surface area (Å²) in [6, 6.07) is 13.2. The van der Waals surface area contributed by atoms with Crippen LogP contribution in [-0.2, 0) is 54.4 Å². The molecule has 1 amide bonds. The van der Waals surface area contributed by atoms with Gasteiger partial charge in [-0.25, -0.2) is 0 Å². The van der Waals surface area contributed by atoms with Crippen LogP contribution in [0.25, 0.3) is 10.8 Å². The molecule has 2 aromatic carbocycles. The SMILES string of the molecule is CCN1CCN(CC(=O)O)CCN(CC(=O)CCC2CCC(C(=O)N[C@@H](Cc3ccc4ccccc4c3)C(=O)CCCCC[C@H](CC(=O)CCCCC(=O)O)C(=O)O)CC2)CCN(CC(=O)O)CC1.O=C=O. The lowest BCUT2D eigenvalue weighted by atomic mass is 9.79. The van der Waals surface area contributed by atoms with E-state index in [0.717, 1.165) is 35.7 Å². The van der Waals surface area contributed by atoms with Gasteiger partial charge in [0.15, 0.2) is 5.78 Å². The van der Waals surface area contributed by atoms with E-state index in [4.69, 9.17) is 14.7 Å². The summed E-state index contributed by atoms with van der Waals surface area (Å²) >= 11 is 0. The molecule has 2 aromatic rings. The monoisotopic (exact) mass is 1010 g/mol. The van der Waals surface area contributed by atoms with Crippen molar-refractivity contribution in [2.75, 3.05) is 78.5 Å². The first kappa shape index (κ1) is 60.6. The molecule has 4 rings (SSSR count). The zero-order chi connectivity index (χ0) is 52.8. The molecule has 0 unspecified atom stereocenters. The number of hydrogen-bond donors (Lipinski definition) is 5. The van der Waals surface area contributed by atoms with Crippen LogP contribution in [0.3, 0.4) is 0 Å². The van der Waals surface area contributed by atoms with Crippen LogP contribution in [0, 0.1) is 17.8 Å². The number of carbonyl (C=O) groups is 8. The first-order valence-electron chi connectivity index (χ1n) is 25.6. The maximum absolute atomic E-state index is 13.9. The Kier molecular flexibility index (Phi) is 28.5. The van der Waals surface area contributed by atoms with Gasteiger partial charge in [-0.1, -0.05) is 62.2 Å². The van der Waals surface area contributed by atoms with Crippen molar-refractivity contribution in [1.29, 1.82) is 0 Å². The second kappa shape index (κ2) is 33.8. The van der Waals surface area contributed by atoms with Crippen molar-refractivity contribution in [3.8, 4) is 0 Å². The van der Waals surface area contributed by atoms with E-state index < -0.39 is 35.8 Å². The highest BCUT2D eigenvalue weighted by molar-refractivity contribution is 5.90. The fourth-order valence-corrected chi connectivity index (χ4v) is 9.62.